The zero-order valence-corrected chi connectivity index (χ0v) is 11.5. The summed E-state index contributed by atoms with van der Waals surface area (Å²) in [6, 6.07) is 0. The van der Waals surface area contributed by atoms with Crippen LogP contribution in [0.2, 0.25) is 0 Å². The van der Waals surface area contributed by atoms with Gasteiger partial charge in [-0.05, 0) is 18.9 Å². The molecular weight excluding hydrogens is 236 g/mol. The molecule has 0 aromatic heterocycles. The minimum absolute atomic E-state index is 0.0462. The van der Waals surface area contributed by atoms with Crippen molar-refractivity contribution in [2.45, 2.75) is 45.8 Å². The maximum atomic E-state index is 9.69. The lowest BCUT2D eigenvalue weighted by Gasteiger charge is -2.24. The van der Waals surface area contributed by atoms with Gasteiger partial charge in [0.05, 0.1) is 25.6 Å². The predicted molar refractivity (Wildman–Crippen MR) is 69.3 cm³/mol. The summed E-state index contributed by atoms with van der Waals surface area (Å²) in [6.45, 7) is 5.22. The van der Waals surface area contributed by atoms with Crippen LogP contribution in [0.5, 0.6) is 0 Å². The molecule has 0 aromatic carbocycles. The molecule has 0 fully saturated rings. The molecule has 0 saturated heterocycles. The van der Waals surface area contributed by atoms with Gasteiger partial charge < -0.3 is 25.2 Å². The predicted octanol–water partition coefficient (Wildman–Crippen LogP) is 0.985. The molecule has 0 aliphatic carbocycles. The third kappa shape index (κ3) is 5.35. The first-order valence-corrected chi connectivity index (χ1v) is 6.41. The van der Waals surface area contributed by atoms with E-state index in [1.807, 2.05) is 20.8 Å². The highest BCUT2D eigenvalue weighted by atomic mass is 16.5. The number of aliphatic hydroxyl groups is 4. The SMILES string of the molecule is CC/C(O)=C(\C)C(CC)COC(CO)C(O)CO. The summed E-state index contributed by atoms with van der Waals surface area (Å²) in [7, 11) is 0. The van der Waals surface area contributed by atoms with Crippen molar-refractivity contribution in [1.82, 2.24) is 0 Å². The van der Waals surface area contributed by atoms with E-state index in [0.717, 1.165) is 12.0 Å². The second-order valence-corrected chi connectivity index (χ2v) is 4.39. The van der Waals surface area contributed by atoms with Crippen molar-refractivity contribution in [3.8, 4) is 0 Å². The summed E-state index contributed by atoms with van der Waals surface area (Å²) in [5.74, 6) is 0.401. The Balaban J connectivity index is 4.47. The van der Waals surface area contributed by atoms with Gasteiger partial charge in [-0.15, -0.1) is 0 Å². The van der Waals surface area contributed by atoms with E-state index in [0.29, 0.717) is 18.8 Å². The molecule has 0 spiro atoms. The Hall–Kier alpha value is -0.620. The Bertz CT molecular complexity index is 252. The van der Waals surface area contributed by atoms with E-state index >= 15 is 0 Å². The summed E-state index contributed by atoms with van der Waals surface area (Å²) in [5, 5.41) is 36.9. The smallest absolute Gasteiger partial charge is 0.109 e. The molecule has 18 heavy (non-hydrogen) atoms. The van der Waals surface area contributed by atoms with Gasteiger partial charge in [-0.2, -0.15) is 0 Å². The molecule has 0 aromatic rings. The van der Waals surface area contributed by atoms with E-state index in [9.17, 15) is 10.2 Å². The van der Waals surface area contributed by atoms with E-state index in [-0.39, 0.29) is 12.5 Å². The Morgan fingerprint density at radius 3 is 2.17 bits per heavy atom. The zero-order valence-electron chi connectivity index (χ0n) is 11.5. The molecule has 0 rings (SSSR count). The van der Waals surface area contributed by atoms with Crippen LogP contribution in [0.3, 0.4) is 0 Å². The van der Waals surface area contributed by atoms with Crippen molar-refractivity contribution in [2.75, 3.05) is 19.8 Å². The molecule has 108 valence electrons. The van der Waals surface area contributed by atoms with Crippen LogP contribution >= 0.6 is 0 Å². The molecule has 0 saturated carbocycles. The zero-order chi connectivity index (χ0) is 14.1. The van der Waals surface area contributed by atoms with Crippen molar-refractivity contribution >= 4 is 0 Å². The van der Waals surface area contributed by atoms with E-state index in [1.165, 1.54) is 0 Å². The van der Waals surface area contributed by atoms with E-state index in [4.69, 9.17) is 14.9 Å². The minimum Gasteiger partial charge on any atom is -0.512 e. The molecule has 0 aliphatic heterocycles. The van der Waals surface area contributed by atoms with Crippen molar-refractivity contribution in [2.24, 2.45) is 5.92 Å². The lowest BCUT2D eigenvalue weighted by Crippen LogP contribution is -2.36. The van der Waals surface area contributed by atoms with Gasteiger partial charge in [-0.25, -0.2) is 0 Å². The lowest BCUT2D eigenvalue weighted by atomic mass is 9.96. The third-order valence-corrected chi connectivity index (χ3v) is 3.20. The molecule has 0 radical (unpaired) electrons. The highest BCUT2D eigenvalue weighted by molar-refractivity contribution is 5.08. The van der Waals surface area contributed by atoms with Crippen LogP contribution in [-0.4, -0.2) is 52.5 Å². The Labute approximate surface area is 109 Å². The fourth-order valence-electron chi connectivity index (χ4n) is 1.71. The first-order valence-electron chi connectivity index (χ1n) is 6.41. The number of aliphatic hydroxyl groups excluding tert-OH is 4. The minimum atomic E-state index is -1.09. The fourth-order valence-corrected chi connectivity index (χ4v) is 1.71. The molecule has 5 heteroatoms. The first-order chi connectivity index (χ1) is 8.51. The molecule has 0 aliphatic rings. The van der Waals surface area contributed by atoms with Crippen molar-refractivity contribution < 1.29 is 25.2 Å². The highest BCUT2D eigenvalue weighted by Crippen LogP contribution is 2.20. The summed E-state index contributed by atoms with van der Waals surface area (Å²) in [6.07, 6.45) is -0.508. The van der Waals surface area contributed by atoms with Crippen molar-refractivity contribution in [3.63, 3.8) is 0 Å². The quantitative estimate of drug-likeness (QED) is 0.465. The average molecular weight is 262 g/mol. The Morgan fingerprint density at radius 1 is 1.17 bits per heavy atom. The molecule has 0 bridgehead atoms. The fraction of sp³-hybridized carbons (Fsp3) is 0.846. The number of ether oxygens (including phenoxy) is 1. The van der Waals surface area contributed by atoms with Gasteiger partial charge in [0, 0.05) is 12.3 Å². The maximum absolute atomic E-state index is 9.69. The van der Waals surface area contributed by atoms with Gasteiger partial charge in [0.1, 0.15) is 12.2 Å². The van der Waals surface area contributed by atoms with Crippen LogP contribution in [0.25, 0.3) is 0 Å². The van der Waals surface area contributed by atoms with Gasteiger partial charge in [0.2, 0.25) is 0 Å². The lowest BCUT2D eigenvalue weighted by molar-refractivity contribution is -0.0859. The van der Waals surface area contributed by atoms with Crippen molar-refractivity contribution in [3.05, 3.63) is 11.3 Å². The molecule has 4 N–H and O–H groups in total. The largest absolute Gasteiger partial charge is 0.512 e. The molecule has 3 atom stereocenters. The average Bonchev–Trinajstić information content (AvgIpc) is 2.41. The Morgan fingerprint density at radius 2 is 1.78 bits per heavy atom. The van der Waals surface area contributed by atoms with Crippen LogP contribution in [0.15, 0.2) is 11.3 Å². The van der Waals surface area contributed by atoms with E-state index in [2.05, 4.69) is 0 Å². The van der Waals surface area contributed by atoms with Gasteiger partial charge in [0.15, 0.2) is 0 Å². The number of allylic oxidation sites excluding steroid dienone is 1. The van der Waals surface area contributed by atoms with E-state index in [1.54, 1.807) is 0 Å². The first kappa shape index (κ1) is 17.4. The molecule has 5 nitrogen and oxygen atoms in total. The second-order valence-electron chi connectivity index (χ2n) is 4.39. The molecule has 0 amide bonds. The topological polar surface area (TPSA) is 90.2 Å². The Kier molecular flexibility index (Phi) is 9.01. The maximum Gasteiger partial charge on any atom is 0.109 e. The van der Waals surface area contributed by atoms with Crippen LogP contribution < -0.4 is 0 Å². The van der Waals surface area contributed by atoms with Crippen LogP contribution in [0, 0.1) is 5.92 Å². The molecule has 0 heterocycles. The molecular formula is C13H26O5. The van der Waals surface area contributed by atoms with Gasteiger partial charge >= 0.3 is 0 Å². The normalized spacial score (nSPS) is 18.1. The highest BCUT2D eigenvalue weighted by Gasteiger charge is 2.21. The van der Waals surface area contributed by atoms with Crippen LogP contribution in [0.4, 0.5) is 0 Å². The standard InChI is InChI=1S/C13H26O5/c1-4-10(9(3)11(16)5-2)8-18-13(7-15)12(17)6-14/h10,12-17H,4-8H2,1-3H3/b11-9-. The second kappa shape index (κ2) is 9.33. The number of rotatable bonds is 9. The van der Waals surface area contributed by atoms with Gasteiger partial charge in [-0.3, -0.25) is 0 Å². The van der Waals surface area contributed by atoms with Crippen LogP contribution in [0.1, 0.15) is 33.6 Å². The summed E-state index contributed by atoms with van der Waals surface area (Å²) in [4.78, 5) is 0. The number of hydrogen-bond acceptors (Lipinski definition) is 5. The van der Waals surface area contributed by atoms with Crippen LogP contribution in [-0.2, 0) is 4.74 Å². The van der Waals surface area contributed by atoms with E-state index < -0.39 is 18.8 Å². The van der Waals surface area contributed by atoms with Crippen molar-refractivity contribution in [1.29, 1.82) is 0 Å². The van der Waals surface area contributed by atoms with Gasteiger partial charge in [-0.1, -0.05) is 13.8 Å². The number of hydrogen-bond donors (Lipinski definition) is 4. The van der Waals surface area contributed by atoms with Gasteiger partial charge in [0.25, 0.3) is 0 Å². The summed E-state index contributed by atoms with van der Waals surface area (Å²) >= 11 is 0. The third-order valence-electron chi connectivity index (χ3n) is 3.20. The monoisotopic (exact) mass is 262 g/mol. The molecule has 3 unspecified atom stereocenters. The summed E-state index contributed by atoms with van der Waals surface area (Å²) in [5.41, 5.74) is 0.871. The summed E-state index contributed by atoms with van der Waals surface area (Å²) < 4.78 is 5.41.